The van der Waals surface area contributed by atoms with E-state index in [2.05, 4.69) is 46.4 Å². The first kappa shape index (κ1) is 16.0. The van der Waals surface area contributed by atoms with Crippen LogP contribution in [-0.4, -0.2) is 36.0 Å². The smallest absolute Gasteiger partial charge is 0.140 e. The average molecular weight is 346 g/mol. The van der Waals surface area contributed by atoms with Gasteiger partial charge in [-0.15, -0.1) is 5.10 Å². The molecule has 0 amide bonds. The monoisotopic (exact) mass is 346 g/mol. The predicted octanol–water partition coefficient (Wildman–Crippen LogP) is 3.09. The predicted molar refractivity (Wildman–Crippen MR) is 99.0 cm³/mol. The van der Waals surface area contributed by atoms with Crippen LogP contribution in [0.5, 0.6) is 0 Å². The van der Waals surface area contributed by atoms with Crippen LogP contribution in [0.25, 0.3) is 16.7 Å². The zero-order valence-corrected chi connectivity index (χ0v) is 14.5. The van der Waals surface area contributed by atoms with Crippen molar-refractivity contribution in [2.24, 2.45) is 5.16 Å². The topological polar surface area (TPSA) is 81.1 Å². The minimum Gasteiger partial charge on any atom is -0.411 e. The summed E-state index contributed by atoms with van der Waals surface area (Å²) in [7, 11) is 0. The third-order valence-electron chi connectivity index (χ3n) is 4.49. The summed E-state index contributed by atoms with van der Waals surface area (Å²) in [5.74, 6) is 0. The Kier molecular flexibility index (Phi) is 3.96. The zero-order valence-electron chi connectivity index (χ0n) is 14.5. The molecule has 3 heterocycles. The van der Waals surface area contributed by atoms with Crippen LogP contribution in [0, 0.1) is 13.8 Å². The van der Waals surface area contributed by atoms with Crippen LogP contribution in [0.4, 0.5) is 0 Å². The van der Waals surface area contributed by atoms with Crippen molar-refractivity contribution in [3.63, 3.8) is 0 Å². The fraction of sp³-hybridized carbons (Fsp3) is 0.158. The van der Waals surface area contributed by atoms with Gasteiger partial charge in [-0.2, -0.15) is 0 Å². The van der Waals surface area contributed by atoms with E-state index in [-0.39, 0.29) is 0 Å². The van der Waals surface area contributed by atoms with Gasteiger partial charge in [-0.25, -0.2) is 9.67 Å². The number of hydrogen-bond acceptors (Lipinski definition) is 5. The summed E-state index contributed by atoms with van der Waals surface area (Å²) in [5, 5.41) is 21.5. The molecule has 1 N–H and O–H groups in total. The minimum atomic E-state index is 0.525. The third kappa shape index (κ3) is 2.83. The minimum absolute atomic E-state index is 0.525. The van der Waals surface area contributed by atoms with Gasteiger partial charge in [0.1, 0.15) is 11.3 Å². The van der Waals surface area contributed by atoms with Crippen molar-refractivity contribution >= 4 is 17.2 Å². The molecule has 4 aromatic rings. The van der Waals surface area contributed by atoms with Crippen molar-refractivity contribution in [2.45, 2.75) is 20.4 Å². The van der Waals surface area contributed by atoms with Crippen LogP contribution in [0.2, 0.25) is 0 Å². The number of oxime groups is 1. The van der Waals surface area contributed by atoms with E-state index >= 15 is 0 Å². The number of aromatic nitrogens is 5. The van der Waals surface area contributed by atoms with Gasteiger partial charge in [-0.1, -0.05) is 16.4 Å². The van der Waals surface area contributed by atoms with Gasteiger partial charge in [0.25, 0.3) is 0 Å². The van der Waals surface area contributed by atoms with Crippen LogP contribution in [0.15, 0.2) is 54.1 Å². The number of pyridine rings is 1. The SMILES string of the molecule is Cc1ccc(-n2cc(Cn3cc(/C=N/O)c4cccnc43)nn2)cc1C. The Balaban J connectivity index is 1.67. The van der Waals surface area contributed by atoms with E-state index in [0.29, 0.717) is 6.54 Å². The summed E-state index contributed by atoms with van der Waals surface area (Å²) in [5.41, 5.74) is 5.87. The van der Waals surface area contributed by atoms with Crippen molar-refractivity contribution in [1.29, 1.82) is 0 Å². The first-order valence-electron chi connectivity index (χ1n) is 8.26. The first-order valence-corrected chi connectivity index (χ1v) is 8.26. The van der Waals surface area contributed by atoms with Crippen molar-refractivity contribution in [3.05, 3.63) is 71.3 Å². The van der Waals surface area contributed by atoms with Crippen LogP contribution in [-0.2, 0) is 6.54 Å². The molecule has 0 bridgehead atoms. The quantitative estimate of drug-likeness (QED) is 0.350. The largest absolute Gasteiger partial charge is 0.411 e. The van der Waals surface area contributed by atoms with E-state index in [4.69, 9.17) is 5.21 Å². The second-order valence-electron chi connectivity index (χ2n) is 6.25. The summed E-state index contributed by atoms with van der Waals surface area (Å²) in [6, 6.07) is 10.0. The highest BCUT2D eigenvalue weighted by Gasteiger charge is 2.11. The van der Waals surface area contributed by atoms with Crippen LogP contribution in [0.3, 0.4) is 0 Å². The molecule has 4 rings (SSSR count). The summed E-state index contributed by atoms with van der Waals surface area (Å²) in [6.45, 7) is 4.69. The van der Waals surface area contributed by atoms with Crippen molar-refractivity contribution in [2.75, 3.05) is 0 Å². The Bertz CT molecular complexity index is 1110. The van der Waals surface area contributed by atoms with Gasteiger partial charge in [0, 0.05) is 23.3 Å². The molecule has 0 saturated heterocycles. The van der Waals surface area contributed by atoms with Crippen molar-refractivity contribution < 1.29 is 5.21 Å². The lowest BCUT2D eigenvalue weighted by Crippen LogP contribution is -1.99. The maximum atomic E-state index is 8.86. The average Bonchev–Trinajstić information content (AvgIpc) is 3.24. The van der Waals surface area contributed by atoms with E-state index in [1.165, 1.54) is 17.3 Å². The first-order chi connectivity index (χ1) is 12.7. The number of fused-ring (bicyclic) bond motifs is 1. The number of hydrogen-bond donors (Lipinski definition) is 1. The molecule has 0 radical (unpaired) electrons. The van der Waals surface area contributed by atoms with Gasteiger partial charge < -0.3 is 9.77 Å². The number of aryl methyl sites for hydroxylation is 2. The highest BCUT2D eigenvalue weighted by Crippen LogP contribution is 2.19. The second kappa shape index (κ2) is 6.44. The van der Waals surface area contributed by atoms with Crippen LogP contribution >= 0.6 is 0 Å². The molecular weight excluding hydrogens is 328 g/mol. The lowest BCUT2D eigenvalue weighted by Gasteiger charge is -2.04. The highest BCUT2D eigenvalue weighted by molar-refractivity contribution is 5.97. The zero-order chi connectivity index (χ0) is 18.1. The van der Waals surface area contributed by atoms with E-state index in [0.717, 1.165) is 28.0 Å². The van der Waals surface area contributed by atoms with Crippen molar-refractivity contribution in [1.82, 2.24) is 24.5 Å². The summed E-state index contributed by atoms with van der Waals surface area (Å²) >= 11 is 0. The van der Waals surface area contributed by atoms with E-state index in [1.54, 1.807) is 10.9 Å². The highest BCUT2D eigenvalue weighted by atomic mass is 16.4. The molecule has 0 unspecified atom stereocenters. The molecule has 26 heavy (non-hydrogen) atoms. The van der Waals surface area contributed by atoms with E-state index in [1.807, 2.05) is 35.2 Å². The normalized spacial score (nSPS) is 11.6. The lowest BCUT2D eigenvalue weighted by atomic mass is 10.1. The number of benzene rings is 1. The van der Waals surface area contributed by atoms with Gasteiger partial charge in [0.2, 0.25) is 0 Å². The molecule has 130 valence electrons. The van der Waals surface area contributed by atoms with Crippen molar-refractivity contribution in [3.8, 4) is 5.69 Å². The number of rotatable bonds is 4. The summed E-state index contributed by atoms with van der Waals surface area (Å²) in [4.78, 5) is 4.43. The fourth-order valence-corrected chi connectivity index (χ4v) is 2.98. The Hall–Kier alpha value is -3.48. The molecule has 0 aliphatic rings. The molecule has 3 aromatic heterocycles. The molecule has 0 spiro atoms. The Labute approximate surface area is 150 Å². The van der Waals surface area contributed by atoms with Gasteiger partial charge in [0.15, 0.2) is 0 Å². The Morgan fingerprint density at radius 3 is 2.85 bits per heavy atom. The maximum Gasteiger partial charge on any atom is 0.140 e. The molecule has 7 nitrogen and oxygen atoms in total. The third-order valence-corrected chi connectivity index (χ3v) is 4.49. The van der Waals surface area contributed by atoms with Crippen LogP contribution in [0.1, 0.15) is 22.4 Å². The summed E-state index contributed by atoms with van der Waals surface area (Å²) < 4.78 is 3.75. The molecule has 0 aliphatic heterocycles. The molecular formula is C19H18N6O. The number of nitrogens with zero attached hydrogens (tertiary/aromatic N) is 6. The van der Waals surface area contributed by atoms with Crippen LogP contribution < -0.4 is 0 Å². The molecule has 0 saturated carbocycles. The standard InChI is InChI=1S/C19H18N6O/c1-13-5-6-17(8-14(13)2)25-12-16(22-23-25)11-24-10-15(9-21-26)18-4-3-7-20-19(18)24/h3-10,12,26H,11H2,1-2H3/b21-9+. The van der Waals surface area contributed by atoms with Gasteiger partial charge in [0.05, 0.1) is 24.6 Å². The van der Waals surface area contributed by atoms with Gasteiger partial charge in [-0.3, -0.25) is 0 Å². The Morgan fingerprint density at radius 1 is 1.15 bits per heavy atom. The molecule has 7 heteroatoms. The van der Waals surface area contributed by atoms with E-state index < -0.39 is 0 Å². The second-order valence-corrected chi connectivity index (χ2v) is 6.25. The summed E-state index contributed by atoms with van der Waals surface area (Å²) in [6.07, 6.45) is 6.96. The maximum absolute atomic E-state index is 8.86. The van der Waals surface area contributed by atoms with Gasteiger partial charge in [-0.05, 0) is 49.2 Å². The molecule has 0 aliphatic carbocycles. The fourth-order valence-electron chi connectivity index (χ4n) is 2.98. The molecule has 0 atom stereocenters. The Morgan fingerprint density at radius 2 is 2.04 bits per heavy atom. The van der Waals surface area contributed by atoms with E-state index in [9.17, 15) is 0 Å². The lowest BCUT2D eigenvalue weighted by molar-refractivity contribution is 0.322. The van der Waals surface area contributed by atoms with Gasteiger partial charge >= 0.3 is 0 Å². The molecule has 0 fully saturated rings. The molecule has 1 aromatic carbocycles.